The molecule has 2 N–H and O–H groups in total. The van der Waals surface area contributed by atoms with E-state index in [0.29, 0.717) is 18.7 Å². The number of halogens is 1. The molecule has 0 radical (unpaired) electrons. The molecule has 1 fully saturated rings. The first-order chi connectivity index (χ1) is 9.83. The summed E-state index contributed by atoms with van der Waals surface area (Å²) in [5, 5.41) is 4.30. The van der Waals surface area contributed by atoms with Crippen LogP contribution in [-0.2, 0) is 4.74 Å². The summed E-state index contributed by atoms with van der Waals surface area (Å²) in [6, 6.07) is -0.0323. The molecule has 6 nitrogen and oxygen atoms in total. The third-order valence-electron chi connectivity index (χ3n) is 3.41. The number of carbonyl (C=O) groups excluding carboxylic acids is 1. The molecule has 1 saturated heterocycles. The maximum absolute atomic E-state index is 12.4. The Labute approximate surface area is 140 Å². The van der Waals surface area contributed by atoms with Gasteiger partial charge in [-0.05, 0) is 62.1 Å². The number of hydrogen-bond donors (Lipinski definition) is 1. The van der Waals surface area contributed by atoms with E-state index in [1.54, 1.807) is 15.5 Å². The van der Waals surface area contributed by atoms with Gasteiger partial charge >= 0.3 is 6.09 Å². The predicted molar refractivity (Wildman–Crippen MR) is 93.9 cm³/mol. The van der Waals surface area contributed by atoms with Crippen LogP contribution in [0.15, 0.2) is 6.20 Å². The van der Waals surface area contributed by atoms with Crippen molar-refractivity contribution in [3.8, 4) is 0 Å². The highest BCUT2D eigenvalue weighted by atomic mass is 127. The number of piperidine rings is 1. The Morgan fingerprint density at radius 1 is 1.52 bits per heavy atom. The molecular weight excluding hydrogens is 402 g/mol. The van der Waals surface area contributed by atoms with Crippen molar-refractivity contribution in [3.05, 3.63) is 11.8 Å². The lowest BCUT2D eigenvalue weighted by Gasteiger charge is -2.36. The lowest BCUT2D eigenvalue weighted by Crippen LogP contribution is -2.42. The van der Waals surface area contributed by atoms with Crippen LogP contribution in [0.25, 0.3) is 0 Å². The third-order valence-corrected chi connectivity index (χ3v) is 5.29. The molecule has 1 aromatic rings. The molecular formula is C13H22IN4O2P. The molecule has 2 unspecified atom stereocenters. The second-order valence-electron chi connectivity index (χ2n) is 6.17. The topological polar surface area (TPSA) is 73.4 Å². The minimum atomic E-state index is -0.488. The molecule has 1 aliphatic rings. The number of amides is 1. The monoisotopic (exact) mass is 424 g/mol. The predicted octanol–water partition coefficient (Wildman–Crippen LogP) is 3.72. The summed E-state index contributed by atoms with van der Waals surface area (Å²) >= 11 is 2.24. The number of rotatable bonds is 2. The molecule has 8 heteroatoms. The fraction of sp³-hybridized carbons (Fsp3) is 0.692. The van der Waals surface area contributed by atoms with Gasteiger partial charge < -0.3 is 15.4 Å². The molecule has 0 saturated carbocycles. The second-order valence-corrected chi connectivity index (χ2v) is 8.21. The van der Waals surface area contributed by atoms with Gasteiger partial charge in [0.2, 0.25) is 0 Å². The van der Waals surface area contributed by atoms with E-state index in [-0.39, 0.29) is 12.1 Å². The number of anilines is 1. The van der Waals surface area contributed by atoms with Gasteiger partial charge in [0.25, 0.3) is 0 Å². The van der Waals surface area contributed by atoms with Gasteiger partial charge in [0.05, 0.1) is 18.6 Å². The largest absolute Gasteiger partial charge is 0.444 e. The van der Waals surface area contributed by atoms with Gasteiger partial charge in [-0.15, -0.1) is 0 Å². The Morgan fingerprint density at radius 2 is 2.24 bits per heavy atom. The molecule has 0 bridgehead atoms. The van der Waals surface area contributed by atoms with Crippen molar-refractivity contribution in [3.63, 3.8) is 0 Å². The molecule has 2 rings (SSSR count). The highest BCUT2D eigenvalue weighted by Crippen LogP contribution is 2.37. The van der Waals surface area contributed by atoms with Crippen LogP contribution < -0.4 is 5.73 Å². The number of carbonyl (C=O) groups is 1. The Kier molecular flexibility index (Phi) is 5.35. The summed E-state index contributed by atoms with van der Waals surface area (Å²) in [6.07, 6.45) is 4.96. The number of aromatic nitrogens is 2. The van der Waals surface area contributed by atoms with Crippen LogP contribution in [0, 0.1) is 0 Å². The molecule has 118 valence electrons. The first kappa shape index (κ1) is 16.8. The van der Waals surface area contributed by atoms with Gasteiger partial charge in [0, 0.05) is 12.1 Å². The summed E-state index contributed by atoms with van der Waals surface area (Å²) in [7, 11) is 0. The fourth-order valence-electron chi connectivity index (χ4n) is 2.49. The van der Waals surface area contributed by atoms with E-state index in [4.69, 9.17) is 10.5 Å². The van der Waals surface area contributed by atoms with Crippen LogP contribution in [0.1, 0.15) is 51.6 Å². The van der Waals surface area contributed by atoms with E-state index in [0.717, 1.165) is 24.8 Å². The SMILES string of the molecule is CC(C)(C)OC(=O)N1CCCCC1c1cnn(PI)c1N. The van der Waals surface area contributed by atoms with E-state index in [1.807, 2.05) is 20.8 Å². The van der Waals surface area contributed by atoms with Crippen LogP contribution in [0.5, 0.6) is 0 Å². The lowest BCUT2D eigenvalue weighted by atomic mass is 9.97. The fourth-order valence-corrected chi connectivity index (χ4v) is 3.96. The Balaban J connectivity index is 2.22. The standard InChI is InChI=1S/C13H22IN4O2P/c1-13(2,3)20-12(19)17-7-5-4-6-10(17)9-8-16-18(21-14)11(9)15/h8,10,21H,4-7,15H2,1-3H3. The number of nitrogen functional groups attached to an aromatic ring is 1. The summed E-state index contributed by atoms with van der Waals surface area (Å²) in [5.41, 5.74) is 6.61. The molecule has 0 spiro atoms. The van der Waals surface area contributed by atoms with E-state index in [1.165, 1.54) is 0 Å². The Morgan fingerprint density at radius 3 is 2.81 bits per heavy atom. The van der Waals surface area contributed by atoms with E-state index < -0.39 is 5.60 Å². The first-order valence-corrected chi connectivity index (χ1v) is 11.1. The number of ether oxygens (including phenoxy) is 1. The van der Waals surface area contributed by atoms with Crippen LogP contribution >= 0.6 is 28.4 Å². The van der Waals surface area contributed by atoms with Gasteiger partial charge in [0.15, 0.2) is 0 Å². The first-order valence-electron chi connectivity index (χ1n) is 7.03. The van der Waals surface area contributed by atoms with E-state index in [2.05, 4.69) is 27.1 Å². The maximum atomic E-state index is 12.4. The van der Waals surface area contributed by atoms with Crippen molar-refractivity contribution in [2.24, 2.45) is 0 Å². The zero-order chi connectivity index (χ0) is 15.6. The Bertz CT molecular complexity index is 515. The molecule has 2 atom stereocenters. The molecule has 1 aliphatic heterocycles. The number of likely N-dealkylation sites (tertiary alicyclic amines) is 1. The Hall–Kier alpha value is -0.560. The van der Waals surface area contributed by atoms with Gasteiger partial charge in [-0.1, -0.05) is 0 Å². The molecule has 21 heavy (non-hydrogen) atoms. The van der Waals surface area contributed by atoms with Crippen molar-refractivity contribution >= 4 is 40.3 Å². The average molecular weight is 424 g/mol. The lowest BCUT2D eigenvalue weighted by molar-refractivity contribution is 0.00961. The van der Waals surface area contributed by atoms with Crippen LogP contribution in [0.3, 0.4) is 0 Å². The van der Waals surface area contributed by atoms with Crippen molar-refractivity contribution < 1.29 is 9.53 Å². The minimum Gasteiger partial charge on any atom is -0.444 e. The van der Waals surface area contributed by atoms with Crippen molar-refractivity contribution in [2.75, 3.05) is 12.3 Å². The second kappa shape index (κ2) is 6.69. The van der Waals surface area contributed by atoms with E-state index >= 15 is 0 Å². The van der Waals surface area contributed by atoms with Crippen LogP contribution in [0.2, 0.25) is 0 Å². The number of hydrogen-bond acceptors (Lipinski definition) is 4. The summed E-state index contributed by atoms with van der Waals surface area (Å²) in [5.74, 6) is 0.656. The molecule has 0 aromatic carbocycles. The van der Waals surface area contributed by atoms with Crippen molar-refractivity contribution in [2.45, 2.75) is 51.7 Å². The van der Waals surface area contributed by atoms with Crippen molar-refractivity contribution in [1.82, 2.24) is 14.5 Å². The quantitative estimate of drug-likeness (QED) is 0.580. The van der Waals surface area contributed by atoms with Gasteiger partial charge in [-0.2, -0.15) is 5.10 Å². The molecule has 1 amide bonds. The normalized spacial score (nSPS) is 20.2. The van der Waals surface area contributed by atoms with Crippen LogP contribution in [-0.4, -0.2) is 32.7 Å². The minimum absolute atomic E-state index is 0.0323. The van der Waals surface area contributed by atoms with Gasteiger partial charge in [-0.3, -0.25) is 0 Å². The number of nitrogens with zero attached hydrogens (tertiary/aromatic N) is 3. The smallest absolute Gasteiger partial charge is 0.410 e. The highest BCUT2D eigenvalue weighted by Gasteiger charge is 2.33. The van der Waals surface area contributed by atoms with Crippen molar-refractivity contribution in [1.29, 1.82) is 0 Å². The average Bonchev–Trinajstić information content (AvgIpc) is 2.77. The summed E-state index contributed by atoms with van der Waals surface area (Å²) in [4.78, 5) is 14.2. The third kappa shape index (κ3) is 4.00. The van der Waals surface area contributed by atoms with Crippen LogP contribution in [0.4, 0.5) is 10.6 Å². The number of nitrogens with two attached hydrogens (primary N) is 1. The van der Waals surface area contributed by atoms with Gasteiger partial charge in [0.1, 0.15) is 11.4 Å². The molecule has 0 aliphatic carbocycles. The summed E-state index contributed by atoms with van der Waals surface area (Å²) in [6.45, 7) is 6.35. The zero-order valence-electron chi connectivity index (χ0n) is 12.6. The highest BCUT2D eigenvalue weighted by molar-refractivity contribution is 14.2. The maximum Gasteiger partial charge on any atom is 0.410 e. The van der Waals surface area contributed by atoms with E-state index in [9.17, 15) is 4.79 Å². The molecule has 2 heterocycles. The zero-order valence-corrected chi connectivity index (χ0v) is 15.8. The van der Waals surface area contributed by atoms with Gasteiger partial charge in [-0.25, -0.2) is 9.25 Å². The summed E-state index contributed by atoms with van der Waals surface area (Å²) < 4.78 is 7.30. The molecule has 1 aromatic heterocycles.